The van der Waals surface area contributed by atoms with E-state index in [9.17, 15) is 0 Å². The molecule has 0 spiro atoms. The highest BCUT2D eigenvalue weighted by Gasteiger charge is 2.10. The number of hydrogen-bond donors (Lipinski definition) is 0. The molecule has 0 aliphatic rings. The van der Waals surface area contributed by atoms with Gasteiger partial charge in [-0.1, -0.05) is 42.5 Å². The van der Waals surface area contributed by atoms with E-state index in [4.69, 9.17) is 17.0 Å². The summed E-state index contributed by atoms with van der Waals surface area (Å²) in [5.74, 6) is 0. The molecular weight excluding hydrogens is 230 g/mol. The van der Waals surface area contributed by atoms with Crippen LogP contribution in [0.1, 0.15) is 19.4 Å². The van der Waals surface area contributed by atoms with E-state index in [1.165, 1.54) is 5.56 Å². The molecule has 0 N–H and O–H groups in total. The molecule has 0 aromatic heterocycles. The van der Waals surface area contributed by atoms with Gasteiger partial charge in [0.15, 0.2) is 0 Å². The van der Waals surface area contributed by atoms with Crippen LogP contribution in [0, 0.1) is 0 Å². The molecule has 0 heterocycles. The molecule has 0 unspecified atom stereocenters. The Labute approximate surface area is 109 Å². The molecule has 0 fully saturated rings. The van der Waals surface area contributed by atoms with Gasteiger partial charge in [-0.25, -0.2) is 0 Å². The van der Waals surface area contributed by atoms with Crippen molar-refractivity contribution >= 4 is 17.4 Å². The molecule has 0 bridgehead atoms. The summed E-state index contributed by atoms with van der Waals surface area (Å²) in [5.41, 5.74) is 2.29. The number of hydrogen-bond acceptors (Lipinski definition) is 2. The van der Waals surface area contributed by atoms with Gasteiger partial charge < -0.3 is 9.64 Å². The fourth-order valence-electron chi connectivity index (χ4n) is 1.53. The highest BCUT2D eigenvalue weighted by atomic mass is 32.1. The van der Waals surface area contributed by atoms with Crippen LogP contribution in [0.25, 0.3) is 0 Å². The SMILES string of the molecule is C=C(C)CN(Cc1ccccc1)C(=S)OCC. The lowest BCUT2D eigenvalue weighted by Crippen LogP contribution is -2.32. The first-order valence-corrected chi connectivity index (χ1v) is 6.14. The van der Waals surface area contributed by atoms with Crippen molar-refractivity contribution in [2.75, 3.05) is 13.2 Å². The Bertz CT molecular complexity index is 375. The summed E-state index contributed by atoms with van der Waals surface area (Å²) < 4.78 is 5.39. The van der Waals surface area contributed by atoms with E-state index in [2.05, 4.69) is 18.7 Å². The topological polar surface area (TPSA) is 12.5 Å². The highest BCUT2D eigenvalue weighted by Crippen LogP contribution is 2.08. The maximum atomic E-state index is 5.39. The van der Waals surface area contributed by atoms with E-state index in [0.29, 0.717) is 11.8 Å². The zero-order chi connectivity index (χ0) is 12.7. The average molecular weight is 249 g/mol. The van der Waals surface area contributed by atoms with E-state index >= 15 is 0 Å². The monoisotopic (exact) mass is 249 g/mol. The zero-order valence-electron chi connectivity index (χ0n) is 10.5. The molecule has 0 atom stereocenters. The lowest BCUT2D eigenvalue weighted by Gasteiger charge is -2.24. The van der Waals surface area contributed by atoms with Gasteiger partial charge in [0.1, 0.15) is 0 Å². The second-order valence-corrected chi connectivity index (χ2v) is 4.35. The fraction of sp³-hybridized carbons (Fsp3) is 0.357. The van der Waals surface area contributed by atoms with Crippen LogP contribution in [0.4, 0.5) is 0 Å². The second-order valence-electron chi connectivity index (χ2n) is 4.00. The Morgan fingerprint density at radius 3 is 2.53 bits per heavy atom. The third-order valence-electron chi connectivity index (χ3n) is 2.20. The molecule has 3 heteroatoms. The molecule has 1 aromatic rings. The van der Waals surface area contributed by atoms with Crippen LogP contribution in [-0.4, -0.2) is 23.2 Å². The minimum absolute atomic E-state index is 0.541. The van der Waals surface area contributed by atoms with Crippen molar-refractivity contribution in [1.29, 1.82) is 0 Å². The van der Waals surface area contributed by atoms with E-state index < -0.39 is 0 Å². The third kappa shape index (κ3) is 5.00. The Hall–Kier alpha value is -1.35. The molecule has 0 radical (unpaired) electrons. The Balaban J connectivity index is 2.70. The van der Waals surface area contributed by atoms with Gasteiger partial charge in [-0.2, -0.15) is 0 Å². The van der Waals surface area contributed by atoms with Crippen LogP contribution in [0.15, 0.2) is 42.5 Å². The maximum Gasteiger partial charge on any atom is 0.259 e. The first-order valence-electron chi connectivity index (χ1n) is 5.73. The van der Waals surface area contributed by atoms with Gasteiger partial charge in [0.2, 0.25) is 0 Å². The maximum absolute atomic E-state index is 5.39. The molecule has 0 aliphatic heterocycles. The summed E-state index contributed by atoms with van der Waals surface area (Å²) in [5, 5.41) is 0.541. The predicted molar refractivity (Wildman–Crippen MR) is 75.9 cm³/mol. The van der Waals surface area contributed by atoms with Gasteiger partial charge in [0.25, 0.3) is 5.17 Å². The first kappa shape index (κ1) is 13.7. The molecule has 0 saturated heterocycles. The Morgan fingerprint density at radius 2 is 2.00 bits per heavy atom. The molecule has 0 aliphatic carbocycles. The zero-order valence-corrected chi connectivity index (χ0v) is 11.3. The van der Waals surface area contributed by atoms with Crippen molar-refractivity contribution in [3.05, 3.63) is 48.0 Å². The second kappa shape index (κ2) is 7.07. The smallest absolute Gasteiger partial charge is 0.259 e. The molecular formula is C14H19NOS. The van der Waals surface area contributed by atoms with Crippen LogP contribution in [0.5, 0.6) is 0 Å². The standard InChI is InChI=1S/C14H19NOS/c1-4-16-14(17)15(10-12(2)3)11-13-8-6-5-7-9-13/h5-9H,2,4,10-11H2,1,3H3. The summed E-state index contributed by atoms with van der Waals surface area (Å²) in [6.07, 6.45) is 0. The highest BCUT2D eigenvalue weighted by molar-refractivity contribution is 7.80. The van der Waals surface area contributed by atoms with Crippen LogP contribution >= 0.6 is 12.2 Å². The lowest BCUT2D eigenvalue weighted by atomic mass is 10.2. The molecule has 1 aromatic carbocycles. The number of nitrogens with zero attached hydrogens (tertiary/aromatic N) is 1. The minimum atomic E-state index is 0.541. The first-order chi connectivity index (χ1) is 8.13. The molecule has 0 amide bonds. The largest absolute Gasteiger partial charge is 0.471 e. The molecule has 0 saturated carbocycles. The van der Waals surface area contributed by atoms with Gasteiger partial charge >= 0.3 is 0 Å². The lowest BCUT2D eigenvalue weighted by molar-refractivity contribution is 0.258. The summed E-state index contributed by atoms with van der Waals surface area (Å²) in [7, 11) is 0. The van der Waals surface area contributed by atoms with Gasteiger partial charge in [0.05, 0.1) is 6.61 Å². The van der Waals surface area contributed by atoms with Crippen molar-refractivity contribution in [3.63, 3.8) is 0 Å². The quantitative estimate of drug-likeness (QED) is 0.586. The number of benzene rings is 1. The molecule has 17 heavy (non-hydrogen) atoms. The van der Waals surface area contributed by atoms with Crippen LogP contribution in [-0.2, 0) is 11.3 Å². The van der Waals surface area contributed by atoms with E-state index in [1.54, 1.807) is 0 Å². The van der Waals surface area contributed by atoms with E-state index in [0.717, 1.165) is 18.7 Å². The minimum Gasteiger partial charge on any atom is -0.471 e. The van der Waals surface area contributed by atoms with Crippen molar-refractivity contribution in [2.45, 2.75) is 20.4 Å². The summed E-state index contributed by atoms with van der Waals surface area (Å²) >= 11 is 5.25. The molecule has 92 valence electrons. The summed E-state index contributed by atoms with van der Waals surface area (Å²) in [4.78, 5) is 2.02. The Kier molecular flexibility index (Phi) is 5.70. The average Bonchev–Trinajstić information content (AvgIpc) is 2.29. The van der Waals surface area contributed by atoms with Crippen LogP contribution in [0.2, 0.25) is 0 Å². The Morgan fingerprint density at radius 1 is 1.35 bits per heavy atom. The van der Waals surface area contributed by atoms with Crippen LogP contribution < -0.4 is 0 Å². The van der Waals surface area contributed by atoms with Crippen molar-refractivity contribution in [1.82, 2.24) is 4.90 Å². The molecule has 2 nitrogen and oxygen atoms in total. The van der Waals surface area contributed by atoms with Gasteiger partial charge in [0, 0.05) is 13.1 Å². The predicted octanol–water partition coefficient (Wildman–Crippen LogP) is 3.39. The van der Waals surface area contributed by atoms with Crippen molar-refractivity contribution in [2.24, 2.45) is 0 Å². The van der Waals surface area contributed by atoms with E-state index in [1.807, 2.05) is 36.9 Å². The molecule has 1 rings (SSSR count). The normalized spacial score (nSPS) is 9.76. The van der Waals surface area contributed by atoms with Gasteiger partial charge in [-0.15, -0.1) is 0 Å². The summed E-state index contributed by atoms with van der Waals surface area (Å²) in [6.45, 7) is 9.94. The third-order valence-corrected chi connectivity index (χ3v) is 2.58. The number of rotatable bonds is 5. The van der Waals surface area contributed by atoms with Gasteiger partial charge in [-0.3, -0.25) is 0 Å². The number of thiocarbonyl (C=S) groups is 1. The van der Waals surface area contributed by atoms with Crippen LogP contribution in [0.3, 0.4) is 0 Å². The number of ether oxygens (including phenoxy) is 1. The van der Waals surface area contributed by atoms with E-state index in [-0.39, 0.29) is 0 Å². The van der Waals surface area contributed by atoms with Crippen molar-refractivity contribution < 1.29 is 4.74 Å². The summed E-state index contributed by atoms with van der Waals surface area (Å²) in [6, 6.07) is 10.2. The van der Waals surface area contributed by atoms with Gasteiger partial charge in [-0.05, 0) is 31.6 Å². The fourth-order valence-corrected chi connectivity index (χ4v) is 1.78. The van der Waals surface area contributed by atoms with Crippen molar-refractivity contribution in [3.8, 4) is 0 Å².